The molecule has 1 aromatic rings. The second kappa shape index (κ2) is 7.61. The van der Waals surface area contributed by atoms with Crippen molar-refractivity contribution in [2.45, 2.75) is 64.8 Å². The van der Waals surface area contributed by atoms with E-state index in [4.69, 9.17) is 17.4 Å². The number of rotatable bonds is 6. The summed E-state index contributed by atoms with van der Waals surface area (Å²) >= 11 is 6.46. The lowest BCUT2D eigenvalue weighted by atomic mass is 9.77. The van der Waals surface area contributed by atoms with E-state index >= 15 is 0 Å². The highest BCUT2D eigenvalue weighted by Gasteiger charge is 2.28. The molecule has 1 aromatic heterocycles. The fraction of sp³-hybridized carbons (Fsp3) is 0.812. The Morgan fingerprint density at radius 3 is 2.48 bits per heavy atom. The second-order valence-corrected chi connectivity index (χ2v) is 6.73. The van der Waals surface area contributed by atoms with Crippen LogP contribution in [0.4, 0.5) is 0 Å². The van der Waals surface area contributed by atoms with E-state index in [1.807, 2.05) is 11.7 Å². The third-order valence-electron chi connectivity index (χ3n) is 5.17. The second-order valence-electron chi connectivity index (χ2n) is 6.35. The molecule has 5 heteroatoms. The van der Waals surface area contributed by atoms with Gasteiger partial charge in [-0.3, -0.25) is 16.0 Å². The molecular formula is C16H29ClN4. The van der Waals surface area contributed by atoms with Crippen molar-refractivity contribution in [3.63, 3.8) is 0 Å². The Labute approximate surface area is 133 Å². The van der Waals surface area contributed by atoms with Crippen molar-refractivity contribution >= 4 is 11.6 Å². The average Bonchev–Trinajstić information content (AvgIpc) is 2.79. The van der Waals surface area contributed by atoms with Crippen LogP contribution in [0.5, 0.6) is 0 Å². The molecule has 1 unspecified atom stereocenters. The number of hydrazine groups is 1. The Morgan fingerprint density at radius 2 is 2.00 bits per heavy atom. The van der Waals surface area contributed by atoms with E-state index in [-0.39, 0.29) is 0 Å². The van der Waals surface area contributed by atoms with E-state index in [0.29, 0.717) is 12.0 Å². The van der Waals surface area contributed by atoms with Crippen molar-refractivity contribution in [3.8, 4) is 0 Å². The molecule has 1 aliphatic carbocycles. The summed E-state index contributed by atoms with van der Waals surface area (Å²) in [5.41, 5.74) is 5.13. The lowest BCUT2D eigenvalue weighted by molar-refractivity contribution is 0.216. The zero-order chi connectivity index (χ0) is 15.4. The average molecular weight is 313 g/mol. The van der Waals surface area contributed by atoms with Crippen LogP contribution in [0.1, 0.15) is 57.3 Å². The van der Waals surface area contributed by atoms with Gasteiger partial charge in [-0.1, -0.05) is 44.7 Å². The van der Waals surface area contributed by atoms with E-state index in [1.54, 1.807) is 0 Å². The Balaban J connectivity index is 2.04. The third-order valence-corrected chi connectivity index (χ3v) is 5.60. The first-order valence-corrected chi connectivity index (χ1v) is 8.64. The molecule has 1 heterocycles. The fourth-order valence-corrected chi connectivity index (χ4v) is 3.98. The molecule has 1 atom stereocenters. The number of nitrogens with zero attached hydrogens (tertiary/aromatic N) is 2. The van der Waals surface area contributed by atoms with Crippen LogP contribution in [0.2, 0.25) is 5.02 Å². The SMILES string of the molecule is CCc1nn(C)c(CC(NN)C2CCC(CC)CC2)c1Cl. The maximum absolute atomic E-state index is 6.46. The van der Waals surface area contributed by atoms with Crippen LogP contribution in [-0.4, -0.2) is 15.8 Å². The molecule has 3 N–H and O–H groups in total. The quantitative estimate of drug-likeness (QED) is 0.626. The van der Waals surface area contributed by atoms with Gasteiger partial charge in [0.2, 0.25) is 0 Å². The Bertz CT molecular complexity index is 449. The Hall–Kier alpha value is -0.580. The monoisotopic (exact) mass is 312 g/mol. The number of hydrogen-bond donors (Lipinski definition) is 2. The number of hydrogen-bond acceptors (Lipinski definition) is 3. The summed E-state index contributed by atoms with van der Waals surface area (Å²) in [6, 6.07) is 0.292. The Morgan fingerprint density at radius 1 is 1.33 bits per heavy atom. The standard InChI is InChI=1S/C16H29ClN4/c1-4-11-6-8-12(9-7-11)14(19-18)10-15-16(17)13(5-2)20-21(15)3/h11-12,14,19H,4-10,18H2,1-3H3. The minimum absolute atomic E-state index is 0.292. The van der Waals surface area contributed by atoms with E-state index in [0.717, 1.165) is 35.2 Å². The maximum Gasteiger partial charge on any atom is 0.0850 e. The molecule has 0 radical (unpaired) electrons. The van der Waals surface area contributed by atoms with Gasteiger partial charge in [0.25, 0.3) is 0 Å². The smallest absolute Gasteiger partial charge is 0.0850 e. The van der Waals surface area contributed by atoms with Crippen molar-refractivity contribution in [1.29, 1.82) is 0 Å². The summed E-state index contributed by atoms with van der Waals surface area (Å²) in [5, 5.41) is 5.32. The van der Waals surface area contributed by atoms with Crippen molar-refractivity contribution in [2.75, 3.05) is 0 Å². The van der Waals surface area contributed by atoms with Crippen LogP contribution in [0.15, 0.2) is 0 Å². The summed E-state index contributed by atoms with van der Waals surface area (Å²) in [6.07, 6.45) is 8.24. The summed E-state index contributed by atoms with van der Waals surface area (Å²) in [4.78, 5) is 0. The van der Waals surface area contributed by atoms with Crippen molar-refractivity contribution < 1.29 is 0 Å². The van der Waals surface area contributed by atoms with Gasteiger partial charge >= 0.3 is 0 Å². The van der Waals surface area contributed by atoms with Gasteiger partial charge in [-0.25, -0.2) is 0 Å². The maximum atomic E-state index is 6.46. The largest absolute Gasteiger partial charge is 0.271 e. The lowest BCUT2D eigenvalue weighted by Gasteiger charge is -2.33. The normalized spacial score (nSPS) is 24.2. The van der Waals surface area contributed by atoms with Crippen molar-refractivity contribution in [1.82, 2.24) is 15.2 Å². The fourth-order valence-electron chi connectivity index (χ4n) is 3.61. The van der Waals surface area contributed by atoms with Crippen LogP contribution < -0.4 is 11.3 Å². The molecule has 0 amide bonds. The zero-order valence-corrected chi connectivity index (χ0v) is 14.3. The molecule has 1 aliphatic rings. The Kier molecular flexibility index (Phi) is 6.08. The van der Waals surface area contributed by atoms with Crippen molar-refractivity contribution in [2.24, 2.45) is 24.7 Å². The van der Waals surface area contributed by atoms with Gasteiger partial charge in [0, 0.05) is 19.5 Å². The molecule has 4 nitrogen and oxygen atoms in total. The summed E-state index contributed by atoms with van der Waals surface area (Å²) in [7, 11) is 1.97. The van der Waals surface area contributed by atoms with E-state index in [2.05, 4.69) is 24.4 Å². The first kappa shape index (κ1) is 16.8. The van der Waals surface area contributed by atoms with Crippen molar-refractivity contribution in [3.05, 3.63) is 16.4 Å². The molecule has 0 aromatic carbocycles. The summed E-state index contributed by atoms with van der Waals surface area (Å²) < 4.78 is 1.92. The number of nitrogens with two attached hydrogens (primary N) is 1. The number of halogens is 1. The van der Waals surface area contributed by atoms with Gasteiger partial charge in [0.05, 0.1) is 16.4 Å². The highest BCUT2D eigenvalue weighted by Crippen LogP contribution is 2.34. The minimum atomic E-state index is 0.292. The first-order chi connectivity index (χ1) is 10.1. The topological polar surface area (TPSA) is 55.9 Å². The molecule has 120 valence electrons. The molecule has 1 saturated carbocycles. The van der Waals surface area contributed by atoms with Gasteiger partial charge in [-0.05, 0) is 31.1 Å². The van der Waals surface area contributed by atoms with Crippen LogP contribution in [0.3, 0.4) is 0 Å². The van der Waals surface area contributed by atoms with Crippen LogP contribution in [0.25, 0.3) is 0 Å². The number of aromatic nitrogens is 2. The third kappa shape index (κ3) is 3.79. The van der Waals surface area contributed by atoms with Gasteiger partial charge < -0.3 is 0 Å². The van der Waals surface area contributed by atoms with E-state index < -0.39 is 0 Å². The highest BCUT2D eigenvalue weighted by molar-refractivity contribution is 6.31. The van der Waals surface area contributed by atoms with Crippen LogP contribution in [0, 0.1) is 11.8 Å². The predicted octanol–water partition coefficient (Wildman–Crippen LogP) is 3.23. The molecule has 21 heavy (non-hydrogen) atoms. The predicted molar refractivity (Wildman–Crippen MR) is 88.2 cm³/mol. The molecule has 0 bridgehead atoms. The molecule has 0 saturated heterocycles. The number of aryl methyl sites for hydroxylation is 2. The first-order valence-electron chi connectivity index (χ1n) is 8.26. The van der Waals surface area contributed by atoms with Crippen LogP contribution >= 0.6 is 11.6 Å². The van der Waals surface area contributed by atoms with Gasteiger partial charge in [0.15, 0.2) is 0 Å². The lowest BCUT2D eigenvalue weighted by Crippen LogP contribution is -2.44. The van der Waals surface area contributed by atoms with E-state index in [9.17, 15) is 0 Å². The molecule has 2 rings (SSSR count). The molecule has 1 fully saturated rings. The van der Waals surface area contributed by atoms with Gasteiger partial charge in [-0.15, -0.1) is 0 Å². The van der Waals surface area contributed by atoms with Crippen LogP contribution in [-0.2, 0) is 19.9 Å². The molecular weight excluding hydrogens is 284 g/mol. The van der Waals surface area contributed by atoms with Gasteiger partial charge in [-0.2, -0.15) is 5.10 Å². The summed E-state index contributed by atoms with van der Waals surface area (Å²) in [6.45, 7) is 4.38. The highest BCUT2D eigenvalue weighted by atomic mass is 35.5. The summed E-state index contributed by atoms with van der Waals surface area (Å²) in [5.74, 6) is 7.39. The number of nitrogens with one attached hydrogen (secondary N) is 1. The molecule has 0 spiro atoms. The van der Waals surface area contributed by atoms with Gasteiger partial charge in [0.1, 0.15) is 0 Å². The minimum Gasteiger partial charge on any atom is -0.271 e. The van der Waals surface area contributed by atoms with E-state index in [1.165, 1.54) is 32.1 Å². The molecule has 0 aliphatic heterocycles. The zero-order valence-electron chi connectivity index (χ0n) is 13.5.